The Hall–Kier alpha value is -2.38. The van der Waals surface area contributed by atoms with Gasteiger partial charge in [0.05, 0.1) is 21.7 Å². The van der Waals surface area contributed by atoms with Gasteiger partial charge in [-0.3, -0.25) is 0 Å². The molecular formula is C19H14Cl2N2. The van der Waals surface area contributed by atoms with Crippen molar-refractivity contribution in [3.05, 3.63) is 88.9 Å². The molecule has 0 heterocycles. The molecule has 0 aliphatic rings. The van der Waals surface area contributed by atoms with Crippen LogP contribution in [-0.4, -0.2) is 6.01 Å². The molecule has 3 aromatic carbocycles. The molecule has 3 aromatic rings. The molecular weight excluding hydrogens is 327 g/mol. The minimum atomic E-state index is 0.355. The molecule has 0 aliphatic heterocycles. The first kappa shape index (κ1) is 17.0. The quantitative estimate of drug-likeness (QED) is 0.502. The summed E-state index contributed by atoms with van der Waals surface area (Å²) in [6.45, 7) is 0. The molecule has 0 saturated heterocycles. The second-order valence-electron chi connectivity index (χ2n) is 4.53. The lowest BCUT2D eigenvalue weighted by atomic mass is 10.1. The molecule has 1 N–H and O–H groups in total. The number of nitrogens with zero attached hydrogens (tertiary/aromatic N) is 1. The van der Waals surface area contributed by atoms with Crippen molar-refractivity contribution in [1.29, 1.82) is 5.41 Å². The average Bonchev–Trinajstić information content (AvgIpc) is 2.61. The molecule has 0 amide bonds. The summed E-state index contributed by atoms with van der Waals surface area (Å²) in [7, 11) is 0. The van der Waals surface area contributed by atoms with E-state index in [4.69, 9.17) is 28.6 Å². The number of aliphatic imine (C=N–C) groups is 1. The fourth-order valence-corrected chi connectivity index (χ4v) is 2.24. The summed E-state index contributed by atoms with van der Waals surface area (Å²) >= 11 is 11.4. The van der Waals surface area contributed by atoms with Gasteiger partial charge in [0.2, 0.25) is 0 Å². The van der Waals surface area contributed by atoms with Crippen molar-refractivity contribution in [2.24, 2.45) is 4.99 Å². The molecule has 0 radical (unpaired) electrons. The molecule has 0 bridgehead atoms. The monoisotopic (exact) mass is 340 g/mol. The minimum Gasteiger partial charge on any atom is -0.241 e. The standard InChI is InChI=1S/C12H10.C7H4Cl2N2/c1-3-7-11(8-4-1)12-9-5-2-6-10-12;8-5-2-1-3-6(7(5)9)11-4-10/h1-10H;1-3,10H. The maximum absolute atomic E-state index is 6.59. The third-order valence-corrected chi connectivity index (χ3v) is 3.80. The molecule has 0 unspecified atom stereocenters. The fraction of sp³-hybridized carbons (Fsp3) is 0. The first-order chi connectivity index (χ1) is 11.2. The van der Waals surface area contributed by atoms with Gasteiger partial charge in [0, 0.05) is 0 Å². The Bertz CT molecular complexity index is 759. The molecule has 0 aliphatic carbocycles. The Morgan fingerprint density at radius 1 is 0.696 bits per heavy atom. The van der Waals surface area contributed by atoms with Crippen LogP contribution < -0.4 is 0 Å². The summed E-state index contributed by atoms with van der Waals surface area (Å²) in [5.74, 6) is 0. The zero-order valence-electron chi connectivity index (χ0n) is 12.2. The summed E-state index contributed by atoms with van der Waals surface area (Å²) in [5, 5.41) is 7.38. The molecule has 0 aromatic heterocycles. The minimum absolute atomic E-state index is 0.355. The van der Waals surface area contributed by atoms with Gasteiger partial charge in [0.25, 0.3) is 0 Å². The van der Waals surface area contributed by atoms with Crippen molar-refractivity contribution in [2.75, 3.05) is 0 Å². The Morgan fingerprint density at radius 2 is 1.22 bits per heavy atom. The predicted molar refractivity (Wildman–Crippen MR) is 98.2 cm³/mol. The maximum atomic E-state index is 6.59. The van der Waals surface area contributed by atoms with Gasteiger partial charge in [-0.2, -0.15) is 4.99 Å². The maximum Gasteiger partial charge on any atom is 0.0947 e. The molecule has 0 fully saturated rings. The van der Waals surface area contributed by atoms with Crippen LogP contribution in [0.15, 0.2) is 83.9 Å². The van der Waals surface area contributed by atoms with Crippen LogP contribution in [0.25, 0.3) is 11.1 Å². The van der Waals surface area contributed by atoms with E-state index >= 15 is 0 Å². The first-order valence-electron chi connectivity index (χ1n) is 6.89. The van der Waals surface area contributed by atoms with Crippen molar-refractivity contribution in [2.45, 2.75) is 0 Å². The van der Waals surface area contributed by atoms with E-state index in [0.717, 1.165) is 0 Å². The second kappa shape index (κ2) is 8.92. The van der Waals surface area contributed by atoms with E-state index in [1.807, 2.05) is 18.1 Å². The summed E-state index contributed by atoms with van der Waals surface area (Å²) < 4.78 is 0. The van der Waals surface area contributed by atoms with E-state index in [1.165, 1.54) is 11.1 Å². The van der Waals surface area contributed by atoms with Crippen LogP contribution in [-0.2, 0) is 0 Å². The summed E-state index contributed by atoms with van der Waals surface area (Å²) in [4.78, 5) is 3.57. The highest BCUT2D eigenvalue weighted by molar-refractivity contribution is 6.43. The predicted octanol–water partition coefficient (Wildman–Crippen LogP) is 6.73. The number of halogens is 2. The van der Waals surface area contributed by atoms with Crippen LogP contribution in [0.2, 0.25) is 10.0 Å². The second-order valence-corrected chi connectivity index (χ2v) is 5.31. The van der Waals surface area contributed by atoms with Crippen molar-refractivity contribution >= 4 is 34.9 Å². The van der Waals surface area contributed by atoms with Crippen LogP contribution >= 0.6 is 23.2 Å². The molecule has 4 heteroatoms. The van der Waals surface area contributed by atoms with Crippen molar-refractivity contribution < 1.29 is 0 Å². The van der Waals surface area contributed by atoms with Crippen LogP contribution in [0.4, 0.5) is 5.69 Å². The van der Waals surface area contributed by atoms with Crippen LogP contribution in [0.1, 0.15) is 0 Å². The Morgan fingerprint density at radius 3 is 1.70 bits per heavy atom. The topological polar surface area (TPSA) is 36.2 Å². The smallest absolute Gasteiger partial charge is 0.0947 e. The van der Waals surface area contributed by atoms with E-state index in [-0.39, 0.29) is 0 Å². The van der Waals surface area contributed by atoms with Gasteiger partial charge in [0.15, 0.2) is 0 Å². The van der Waals surface area contributed by atoms with Crippen LogP contribution in [0, 0.1) is 5.41 Å². The third kappa shape index (κ3) is 5.08. The summed E-state index contributed by atoms with van der Waals surface area (Å²) in [6.07, 6.45) is 0. The van der Waals surface area contributed by atoms with Gasteiger partial charge in [-0.15, -0.1) is 0 Å². The van der Waals surface area contributed by atoms with Gasteiger partial charge < -0.3 is 0 Å². The highest BCUT2D eigenvalue weighted by Crippen LogP contribution is 2.31. The van der Waals surface area contributed by atoms with E-state index in [2.05, 4.69) is 53.5 Å². The lowest BCUT2D eigenvalue weighted by Gasteiger charge is -1.98. The van der Waals surface area contributed by atoms with Crippen molar-refractivity contribution in [3.8, 4) is 11.1 Å². The highest BCUT2D eigenvalue weighted by Gasteiger charge is 2.00. The van der Waals surface area contributed by atoms with E-state index in [1.54, 1.807) is 18.2 Å². The number of hydrogen-bond acceptors (Lipinski definition) is 2. The Kier molecular flexibility index (Phi) is 6.58. The first-order valence-corrected chi connectivity index (χ1v) is 7.65. The van der Waals surface area contributed by atoms with Gasteiger partial charge >= 0.3 is 0 Å². The molecule has 114 valence electrons. The van der Waals surface area contributed by atoms with Crippen LogP contribution in [0.5, 0.6) is 0 Å². The lowest BCUT2D eigenvalue weighted by molar-refractivity contribution is 1.48. The van der Waals surface area contributed by atoms with E-state index in [0.29, 0.717) is 15.7 Å². The number of nitrogens with one attached hydrogen (secondary N) is 1. The number of benzene rings is 3. The fourth-order valence-electron chi connectivity index (χ4n) is 1.90. The van der Waals surface area contributed by atoms with Gasteiger partial charge in [-0.1, -0.05) is 89.9 Å². The number of hydrogen-bond donors (Lipinski definition) is 1. The van der Waals surface area contributed by atoms with Gasteiger partial charge in [-0.25, -0.2) is 5.41 Å². The highest BCUT2D eigenvalue weighted by atomic mass is 35.5. The molecule has 23 heavy (non-hydrogen) atoms. The zero-order valence-corrected chi connectivity index (χ0v) is 13.7. The van der Waals surface area contributed by atoms with Gasteiger partial charge in [0.1, 0.15) is 0 Å². The lowest BCUT2D eigenvalue weighted by Crippen LogP contribution is -1.73. The van der Waals surface area contributed by atoms with E-state index < -0.39 is 0 Å². The molecule has 0 saturated carbocycles. The number of rotatable bonds is 2. The van der Waals surface area contributed by atoms with E-state index in [9.17, 15) is 0 Å². The SMILES string of the molecule is N=C=Nc1cccc(Cl)c1Cl.c1ccc(-c2ccccc2)cc1. The summed E-state index contributed by atoms with van der Waals surface area (Å²) in [6, 6.07) is 27.7. The molecule has 3 rings (SSSR count). The molecule has 0 atom stereocenters. The Balaban J connectivity index is 0.000000168. The zero-order chi connectivity index (χ0) is 16.5. The normalized spacial score (nSPS) is 9.30. The molecule has 2 nitrogen and oxygen atoms in total. The van der Waals surface area contributed by atoms with Crippen molar-refractivity contribution in [3.63, 3.8) is 0 Å². The Labute approximate surface area is 145 Å². The summed E-state index contributed by atoms with van der Waals surface area (Å²) in [5.41, 5.74) is 3.02. The third-order valence-electron chi connectivity index (χ3n) is 2.99. The van der Waals surface area contributed by atoms with Gasteiger partial charge in [-0.05, 0) is 23.3 Å². The largest absolute Gasteiger partial charge is 0.241 e. The average molecular weight is 341 g/mol. The molecule has 0 spiro atoms. The van der Waals surface area contributed by atoms with Crippen molar-refractivity contribution in [1.82, 2.24) is 0 Å². The van der Waals surface area contributed by atoms with Crippen LogP contribution in [0.3, 0.4) is 0 Å².